The average molecular weight is 341 g/mol. The Kier molecular flexibility index (Phi) is 4.48. The molecule has 3 rings (SSSR count). The zero-order chi connectivity index (χ0) is 14.8. The van der Waals surface area contributed by atoms with Crippen LogP contribution in [0.5, 0.6) is 0 Å². The molecule has 110 valence electrons. The Labute approximate surface area is 137 Å². The molecule has 1 heterocycles. The summed E-state index contributed by atoms with van der Waals surface area (Å²) in [4.78, 5) is 18.1. The topological polar surface area (TPSA) is 42.0 Å². The number of carbonyl (C=O) groups excluding carboxylic acids is 1. The molecular weight excluding hydrogens is 327 g/mol. The van der Waals surface area contributed by atoms with Gasteiger partial charge in [0, 0.05) is 9.90 Å². The molecule has 0 saturated heterocycles. The molecule has 0 radical (unpaired) electrons. The van der Waals surface area contributed by atoms with E-state index in [9.17, 15) is 4.79 Å². The van der Waals surface area contributed by atoms with E-state index in [1.165, 1.54) is 24.1 Å². The molecule has 0 fully saturated rings. The van der Waals surface area contributed by atoms with Crippen LogP contribution in [0.15, 0.2) is 18.2 Å². The number of nitrogens with zero attached hydrogens (tertiary/aromatic N) is 1. The minimum absolute atomic E-state index is 0.272. The van der Waals surface area contributed by atoms with E-state index in [1.807, 2.05) is 0 Å². The summed E-state index contributed by atoms with van der Waals surface area (Å²) in [6, 6.07) is 4.85. The maximum Gasteiger partial charge on any atom is 0.259 e. The summed E-state index contributed by atoms with van der Waals surface area (Å²) in [5.41, 5.74) is 1.50. The third-order valence-electron chi connectivity index (χ3n) is 3.49. The number of carbonyl (C=O) groups is 1. The number of anilines is 1. The highest BCUT2D eigenvalue weighted by atomic mass is 35.5. The van der Waals surface area contributed by atoms with Gasteiger partial charge in [-0.3, -0.25) is 10.1 Å². The van der Waals surface area contributed by atoms with E-state index in [-0.39, 0.29) is 5.91 Å². The monoisotopic (exact) mass is 340 g/mol. The number of hydrogen-bond donors (Lipinski definition) is 1. The molecular formula is C15H14Cl2N2OS. The van der Waals surface area contributed by atoms with E-state index in [1.54, 1.807) is 29.5 Å². The van der Waals surface area contributed by atoms with Gasteiger partial charge in [-0.25, -0.2) is 4.98 Å². The predicted molar refractivity (Wildman–Crippen MR) is 87.8 cm³/mol. The molecule has 0 bridgehead atoms. The van der Waals surface area contributed by atoms with Crippen LogP contribution in [0.4, 0.5) is 5.13 Å². The normalized spacial score (nSPS) is 14.4. The van der Waals surface area contributed by atoms with Crippen molar-refractivity contribution in [1.29, 1.82) is 0 Å². The van der Waals surface area contributed by atoms with Crippen LogP contribution in [-0.2, 0) is 12.8 Å². The van der Waals surface area contributed by atoms with Crippen molar-refractivity contribution in [3.8, 4) is 0 Å². The highest BCUT2D eigenvalue weighted by molar-refractivity contribution is 7.15. The van der Waals surface area contributed by atoms with Crippen molar-refractivity contribution < 1.29 is 4.79 Å². The van der Waals surface area contributed by atoms with Crippen LogP contribution < -0.4 is 5.32 Å². The summed E-state index contributed by atoms with van der Waals surface area (Å²) in [7, 11) is 0. The third kappa shape index (κ3) is 3.39. The van der Waals surface area contributed by atoms with E-state index in [0.717, 1.165) is 18.5 Å². The smallest absolute Gasteiger partial charge is 0.259 e. The van der Waals surface area contributed by atoms with Gasteiger partial charge in [0.15, 0.2) is 5.13 Å². The van der Waals surface area contributed by atoms with Crippen LogP contribution in [0.25, 0.3) is 0 Å². The summed E-state index contributed by atoms with van der Waals surface area (Å²) in [5.74, 6) is -0.272. The van der Waals surface area contributed by atoms with Crippen LogP contribution in [0.2, 0.25) is 10.0 Å². The highest BCUT2D eigenvalue weighted by Crippen LogP contribution is 2.30. The van der Waals surface area contributed by atoms with Gasteiger partial charge in [-0.05, 0) is 43.9 Å². The first-order valence-electron chi connectivity index (χ1n) is 6.88. The van der Waals surface area contributed by atoms with Crippen molar-refractivity contribution in [1.82, 2.24) is 4.98 Å². The fraction of sp³-hybridized carbons (Fsp3) is 0.333. The molecule has 0 saturated carbocycles. The fourth-order valence-electron chi connectivity index (χ4n) is 2.42. The molecule has 2 aromatic rings. The third-order valence-corrected chi connectivity index (χ3v) is 5.13. The van der Waals surface area contributed by atoms with E-state index >= 15 is 0 Å². The predicted octanol–water partition coefficient (Wildman–Crippen LogP) is 4.97. The number of hydrogen-bond acceptors (Lipinski definition) is 3. The van der Waals surface area contributed by atoms with Crippen molar-refractivity contribution >= 4 is 45.6 Å². The van der Waals surface area contributed by atoms with Crippen LogP contribution in [0.1, 0.15) is 40.2 Å². The van der Waals surface area contributed by atoms with Crippen LogP contribution in [0.3, 0.4) is 0 Å². The number of amides is 1. The zero-order valence-electron chi connectivity index (χ0n) is 11.3. The Hall–Kier alpha value is -1.10. The Bertz CT molecular complexity index is 661. The number of nitrogens with one attached hydrogen (secondary N) is 1. The molecule has 1 aliphatic rings. The number of rotatable bonds is 2. The van der Waals surface area contributed by atoms with Gasteiger partial charge in [-0.1, -0.05) is 29.6 Å². The molecule has 3 nitrogen and oxygen atoms in total. The van der Waals surface area contributed by atoms with Gasteiger partial charge in [0.2, 0.25) is 0 Å². The molecule has 1 amide bonds. The first kappa shape index (κ1) is 14.8. The lowest BCUT2D eigenvalue weighted by Crippen LogP contribution is -2.12. The Balaban J connectivity index is 1.80. The Morgan fingerprint density at radius 2 is 2.00 bits per heavy atom. The molecule has 1 aromatic heterocycles. The number of fused-ring (bicyclic) bond motifs is 1. The van der Waals surface area contributed by atoms with E-state index < -0.39 is 0 Å². The summed E-state index contributed by atoms with van der Waals surface area (Å²) in [6.07, 6.45) is 5.68. The van der Waals surface area contributed by atoms with Gasteiger partial charge in [0.25, 0.3) is 5.91 Å². The van der Waals surface area contributed by atoms with Crippen LogP contribution in [-0.4, -0.2) is 10.9 Å². The lowest BCUT2D eigenvalue weighted by Gasteiger charge is -2.04. The van der Waals surface area contributed by atoms with Gasteiger partial charge in [-0.2, -0.15) is 0 Å². The van der Waals surface area contributed by atoms with Crippen molar-refractivity contribution in [3.05, 3.63) is 44.4 Å². The number of halogens is 2. The average Bonchev–Trinajstić information content (AvgIpc) is 2.70. The summed E-state index contributed by atoms with van der Waals surface area (Å²) < 4.78 is 0. The molecule has 1 aliphatic carbocycles. The SMILES string of the molecule is O=C(Nc1nc2c(s1)CCCCC2)c1cc(Cl)ccc1Cl. The number of aromatic nitrogens is 1. The van der Waals surface area contributed by atoms with E-state index in [2.05, 4.69) is 10.3 Å². The molecule has 0 atom stereocenters. The number of aryl methyl sites for hydroxylation is 2. The molecule has 1 N–H and O–H groups in total. The zero-order valence-corrected chi connectivity index (χ0v) is 13.6. The van der Waals surface area contributed by atoms with Gasteiger partial charge in [0.1, 0.15) is 0 Å². The number of benzene rings is 1. The molecule has 1 aromatic carbocycles. The van der Waals surface area contributed by atoms with E-state index in [0.29, 0.717) is 20.7 Å². The van der Waals surface area contributed by atoms with Crippen molar-refractivity contribution in [3.63, 3.8) is 0 Å². The minimum atomic E-state index is -0.272. The lowest BCUT2D eigenvalue weighted by molar-refractivity contribution is 0.102. The maximum absolute atomic E-state index is 12.3. The van der Waals surface area contributed by atoms with Gasteiger partial charge >= 0.3 is 0 Å². The van der Waals surface area contributed by atoms with Gasteiger partial charge in [-0.15, -0.1) is 11.3 Å². The van der Waals surface area contributed by atoms with Gasteiger partial charge < -0.3 is 0 Å². The van der Waals surface area contributed by atoms with Crippen LogP contribution >= 0.6 is 34.5 Å². The summed E-state index contributed by atoms with van der Waals surface area (Å²) >= 11 is 13.5. The fourth-order valence-corrected chi connectivity index (χ4v) is 3.84. The number of thiazole rings is 1. The molecule has 0 aliphatic heterocycles. The molecule has 0 unspecified atom stereocenters. The largest absolute Gasteiger partial charge is 0.298 e. The Morgan fingerprint density at radius 3 is 2.86 bits per heavy atom. The van der Waals surface area contributed by atoms with E-state index in [4.69, 9.17) is 23.2 Å². The van der Waals surface area contributed by atoms with Gasteiger partial charge in [0.05, 0.1) is 16.3 Å². The van der Waals surface area contributed by atoms with Crippen molar-refractivity contribution in [2.75, 3.05) is 5.32 Å². The second-order valence-corrected chi connectivity index (χ2v) is 6.96. The van der Waals surface area contributed by atoms with Crippen molar-refractivity contribution in [2.45, 2.75) is 32.1 Å². The molecule has 6 heteroatoms. The summed E-state index contributed by atoms with van der Waals surface area (Å²) in [5, 5.41) is 4.34. The van der Waals surface area contributed by atoms with Crippen molar-refractivity contribution in [2.24, 2.45) is 0 Å². The second-order valence-electron chi connectivity index (χ2n) is 5.03. The Morgan fingerprint density at radius 1 is 1.19 bits per heavy atom. The molecule has 0 spiro atoms. The lowest BCUT2D eigenvalue weighted by atomic mass is 10.2. The highest BCUT2D eigenvalue weighted by Gasteiger charge is 2.17. The first-order chi connectivity index (χ1) is 10.1. The quantitative estimate of drug-likeness (QED) is 0.784. The summed E-state index contributed by atoms with van der Waals surface area (Å²) in [6.45, 7) is 0. The second kappa shape index (κ2) is 6.34. The standard InChI is InChI=1S/C15H14Cl2N2OS/c16-9-6-7-11(17)10(8-9)14(20)19-15-18-12-4-2-1-3-5-13(12)21-15/h6-8H,1-5H2,(H,18,19,20). The van der Waals surface area contributed by atoms with Crippen LogP contribution in [0, 0.1) is 0 Å². The first-order valence-corrected chi connectivity index (χ1v) is 8.46. The minimum Gasteiger partial charge on any atom is -0.298 e. The maximum atomic E-state index is 12.3. The molecule has 21 heavy (non-hydrogen) atoms.